The average molecular weight is 294 g/mol. The van der Waals surface area contributed by atoms with Crippen LogP contribution in [0, 0.1) is 0 Å². The number of hydrogen-bond acceptors (Lipinski definition) is 4. The Morgan fingerprint density at radius 3 is 2.53 bits per heavy atom. The normalized spacial score (nSPS) is 19.3. The largest absolute Gasteiger partial charge is 0.366 e. The van der Waals surface area contributed by atoms with E-state index in [4.69, 9.17) is 4.74 Å². The van der Waals surface area contributed by atoms with E-state index in [1.807, 2.05) is 20.8 Å². The van der Waals surface area contributed by atoms with Crippen LogP contribution in [-0.4, -0.2) is 61.6 Å². The molecule has 1 saturated heterocycles. The quantitative estimate of drug-likeness (QED) is 0.754. The van der Waals surface area contributed by atoms with Gasteiger partial charge >= 0.3 is 0 Å². The molecule has 0 radical (unpaired) electrons. The number of carbonyl (C=O) groups excluding carboxylic acids is 2. The first-order valence-corrected chi connectivity index (χ1v) is 6.18. The van der Waals surface area contributed by atoms with Gasteiger partial charge in [0.1, 0.15) is 6.10 Å². The second-order valence-corrected chi connectivity index (χ2v) is 5.56. The van der Waals surface area contributed by atoms with E-state index in [1.54, 1.807) is 7.05 Å². The van der Waals surface area contributed by atoms with Crippen LogP contribution in [0.15, 0.2) is 0 Å². The number of nitrogens with one attached hydrogen (secondary N) is 2. The minimum atomic E-state index is -0.480. The third-order valence-electron chi connectivity index (χ3n) is 2.47. The molecule has 112 valence electrons. The minimum absolute atomic E-state index is 0. The molecule has 1 aliphatic rings. The molecule has 0 spiro atoms. The number of amides is 2. The van der Waals surface area contributed by atoms with Crippen molar-refractivity contribution in [2.24, 2.45) is 0 Å². The monoisotopic (exact) mass is 293 g/mol. The first kappa shape index (κ1) is 18.1. The molecule has 0 aromatic heterocycles. The van der Waals surface area contributed by atoms with Crippen molar-refractivity contribution in [1.82, 2.24) is 15.5 Å². The van der Waals surface area contributed by atoms with Crippen molar-refractivity contribution < 1.29 is 14.3 Å². The van der Waals surface area contributed by atoms with Crippen LogP contribution in [0.5, 0.6) is 0 Å². The SMILES string of the molecule is CN(CC(=O)NC(C)(C)C)C(=O)C1CNCCO1.Cl. The predicted molar refractivity (Wildman–Crippen MR) is 75.4 cm³/mol. The van der Waals surface area contributed by atoms with E-state index in [-0.39, 0.29) is 36.3 Å². The summed E-state index contributed by atoms with van der Waals surface area (Å²) in [7, 11) is 1.61. The standard InChI is InChI=1S/C12H23N3O3.ClH/c1-12(2,3)14-10(16)8-15(4)11(17)9-7-13-5-6-18-9;/h9,13H,5-8H2,1-4H3,(H,14,16);1H. The van der Waals surface area contributed by atoms with Crippen LogP contribution < -0.4 is 10.6 Å². The molecule has 0 aliphatic carbocycles. The molecule has 7 heteroatoms. The number of rotatable bonds is 3. The van der Waals surface area contributed by atoms with Crippen LogP contribution in [0.4, 0.5) is 0 Å². The number of halogens is 1. The van der Waals surface area contributed by atoms with Crippen molar-refractivity contribution in [2.45, 2.75) is 32.4 Å². The summed E-state index contributed by atoms with van der Waals surface area (Å²) in [4.78, 5) is 25.1. The second kappa shape index (κ2) is 7.67. The summed E-state index contributed by atoms with van der Waals surface area (Å²) in [5.74, 6) is -0.326. The lowest BCUT2D eigenvalue weighted by atomic mass is 10.1. The molecule has 0 saturated carbocycles. The molecule has 1 unspecified atom stereocenters. The molecule has 1 heterocycles. The number of hydrogen-bond donors (Lipinski definition) is 2. The highest BCUT2D eigenvalue weighted by atomic mass is 35.5. The lowest BCUT2D eigenvalue weighted by molar-refractivity contribution is -0.146. The van der Waals surface area contributed by atoms with Gasteiger partial charge in [-0.1, -0.05) is 0 Å². The predicted octanol–water partition coefficient (Wildman–Crippen LogP) is -0.230. The maximum Gasteiger partial charge on any atom is 0.253 e. The van der Waals surface area contributed by atoms with Crippen LogP contribution in [-0.2, 0) is 14.3 Å². The Kier molecular flexibility index (Phi) is 7.33. The summed E-state index contributed by atoms with van der Waals surface area (Å²) in [6.45, 7) is 7.55. The highest BCUT2D eigenvalue weighted by Crippen LogP contribution is 2.02. The van der Waals surface area contributed by atoms with E-state index >= 15 is 0 Å². The number of likely N-dealkylation sites (N-methyl/N-ethyl adjacent to an activating group) is 1. The smallest absolute Gasteiger partial charge is 0.253 e. The summed E-state index contributed by atoms with van der Waals surface area (Å²) >= 11 is 0. The molecule has 19 heavy (non-hydrogen) atoms. The maximum atomic E-state index is 12.0. The fraction of sp³-hybridized carbons (Fsp3) is 0.833. The lowest BCUT2D eigenvalue weighted by Gasteiger charge is -2.28. The van der Waals surface area contributed by atoms with Gasteiger partial charge < -0.3 is 20.3 Å². The van der Waals surface area contributed by atoms with Crippen LogP contribution in [0.1, 0.15) is 20.8 Å². The molecule has 1 rings (SSSR count). The van der Waals surface area contributed by atoms with Crippen LogP contribution in [0.25, 0.3) is 0 Å². The van der Waals surface area contributed by atoms with Crippen molar-refractivity contribution in [3.05, 3.63) is 0 Å². The first-order chi connectivity index (χ1) is 8.29. The van der Waals surface area contributed by atoms with Gasteiger partial charge in [-0.15, -0.1) is 12.4 Å². The average Bonchev–Trinajstić information content (AvgIpc) is 2.26. The van der Waals surface area contributed by atoms with Gasteiger partial charge in [-0.05, 0) is 20.8 Å². The summed E-state index contributed by atoms with van der Waals surface area (Å²) in [5, 5.41) is 5.91. The minimum Gasteiger partial charge on any atom is -0.366 e. The van der Waals surface area contributed by atoms with Gasteiger partial charge in [0, 0.05) is 25.7 Å². The van der Waals surface area contributed by atoms with E-state index < -0.39 is 6.10 Å². The highest BCUT2D eigenvalue weighted by molar-refractivity contribution is 5.87. The molecule has 1 aliphatic heterocycles. The topological polar surface area (TPSA) is 70.7 Å². The van der Waals surface area contributed by atoms with Crippen molar-refractivity contribution >= 4 is 24.2 Å². The Morgan fingerprint density at radius 2 is 2.05 bits per heavy atom. The van der Waals surface area contributed by atoms with Crippen molar-refractivity contribution in [2.75, 3.05) is 33.3 Å². The lowest BCUT2D eigenvalue weighted by Crippen LogP contribution is -2.51. The number of nitrogens with zero attached hydrogens (tertiary/aromatic N) is 1. The van der Waals surface area contributed by atoms with Crippen molar-refractivity contribution in [1.29, 1.82) is 0 Å². The Labute approximate surface area is 120 Å². The molecular formula is C12H24ClN3O3. The van der Waals surface area contributed by atoms with E-state index in [1.165, 1.54) is 4.90 Å². The van der Waals surface area contributed by atoms with Gasteiger partial charge in [0.05, 0.1) is 13.2 Å². The molecule has 2 amide bonds. The first-order valence-electron chi connectivity index (χ1n) is 6.18. The zero-order valence-electron chi connectivity index (χ0n) is 12.0. The molecule has 2 N–H and O–H groups in total. The summed E-state index contributed by atoms with van der Waals surface area (Å²) < 4.78 is 5.36. The van der Waals surface area contributed by atoms with Gasteiger partial charge in [0.15, 0.2) is 0 Å². The number of morpholine rings is 1. The van der Waals surface area contributed by atoms with Crippen molar-refractivity contribution in [3.63, 3.8) is 0 Å². The molecule has 0 bridgehead atoms. The van der Waals surface area contributed by atoms with E-state index in [0.29, 0.717) is 13.2 Å². The van der Waals surface area contributed by atoms with E-state index in [0.717, 1.165) is 6.54 Å². The van der Waals surface area contributed by atoms with E-state index in [2.05, 4.69) is 10.6 Å². The molecule has 1 atom stereocenters. The van der Waals surface area contributed by atoms with Crippen molar-refractivity contribution in [3.8, 4) is 0 Å². The maximum absolute atomic E-state index is 12.0. The number of carbonyl (C=O) groups is 2. The second-order valence-electron chi connectivity index (χ2n) is 5.56. The van der Waals surface area contributed by atoms with Gasteiger partial charge in [-0.25, -0.2) is 0 Å². The van der Waals surface area contributed by atoms with E-state index in [9.17, 15) is 9.59 Å². The fourth-order valence-electron chi connectivity index (χ4n) is 1.72. The van der Waals surface area contributed by atoms with Gasteiger partial charge in [-0.3, -0.25) is 9.59 Å². The van der Waals surface area contributed by atoms with Crippen LogP contribution >= 0.6 is 12.4 Å². The zero-order valence-corrected chi connectivity index (χ0v) is 12.8. The highest BCUT2D eigenvalue weighted by Gasteiger charge is 2.26. The fourth-order valence-corrected chi connectivity index (χ4v) is 1.72. The Hall–Kier alpha value is -0.850. The molecular weight excluding hydrogens is 270 g/mol. The third-order valence-corrected chi connectivity index (χ3v) is 2.47. The van der Waals surface area contributed by atoms with Crippen LogP contribution in [0.2, 0.25) is 0 Å². The third kappa shape index (κ3) is 6.75. The molecule has 0 aromatic rings. The van der Waals surface area contributed by atoms with Gasteiger partial charge in [0.2, 0.25) is 5.91 Å². The Bertz CT molecular complexity index is 312. The Morgan fingerprint density at radius 1 is 1.42 bits per heavy atom. The summed E-state index contributed by atoms with van der Waals surface area (Å²) in [6.07, 6.45) is -0.480. The molecule has 0 aromatic carbocycles. The van der Waals surface area contributed by atoms with Gasteiger partial charge in [-0.2, -0.15) is 0 Å². The summed E-state index contributed by atoms with van der Waals surface area (Å²) in [6, 6.07) is 0. The summed E-state index contributed by atoms with van der Waals surface area (Å²) in [5.41, 5.74) is -0.288. The molecule has 1 fully saturated rings. The number of ether oxygens (including phenoxy) is 1. The van der Waals surface area contributed by atoms with Crippen LogP contribution in [0.3, 0.4) is 0 Å². The zero-order chi connectivity index (χ0) is 13.8. The Balaban J connectivity index is 0.00000324. The molecule has 6 nitrogen and oxygen atoms in total. The van der Waals surface area contributed by atoms with Gasteiger partial charge in [0.25, 0.3) is 5.91 Å².